The Morgan fingerprint density at radius 2 is 1.94 bits per heavy atom. The van der Waals surface area contributed by atoms with Crippen LogP contribution < -0.4 is 15.2 Å². The Hall–Kier alpha value is -3.32. The fourth-order valence-corrected chi connectivity index (χ4v) is 3.55. The quantitative estimate of drug-likeness (QED) is 0.517. The van der Waals surface area contributed by atoms with E-state index in [9.17, 15) is 9.59 Å². The number of rotatable bonds is 7. The predicted octanol–water partition coefficient (Wildman–Crippen LogP) is 3.92. The molecule has 0 aliphatic carbocycles. The van der Waals surface area contributed by atoms with Crippen molar-refractivity contribution in [1.82, 2.24) is 9.55 Å². The molecule has 3 rings (SSSR count). The second-order valence-electron chi connectivity index (χ2n) is 6.90. The van der Waals surface area contributed by atoms with Crippen LogP contribution in [-0.2, 0) is 18.3 Å². The van der Waals surface area contributed by atoms with Crippen LogP contribution in [0.2, 0.25) is 5.02 Å². The summed E-state index contributed by atoms with van der Waals surface area (Å²) in [4.78, 5) is 31.3. The van der Waals surface area contributed by atoms with E-state index in [0.717, 1.165) is 16.7 Å². The molecule has 1 heterocycles. The number of anilines is 1. The summed E-state index contributed by atoms with van der Waals surface area (Å²) in [6.07, 6.45) is 0. The summed E-state index contributed by atoms with van der Waals surface area (Å²) in [5.41, 5.74) is 2.40. The summed E-state index contributed by atoms with van der Waals surface area (Å²) in [6, 6.07) is 15.5. The van der Waals surface area contributed by atoms with E-state index in [1.807, 2.05) is 48.5 Å². The Labute approximate surface area is 185 Å². The summed E-state index contributed by atoms with van der Waals surface area (Å²) in [5.74, 6) is -0.529. The first-order valence-corrected chi connectivity index (χ1v) is 10.1. The van der Waals surface area contributed by atoms with E-state index >= 15 is 0 Å². The van der Waals surface area contributed by atoms with Crippen molar-refractivity contribution in [2.75, 3.05) is 25.7 Å². The van der Waals surface area contributed by atoms with Gasteiger partial charge in [-0.2, -0.15) is 0 Å². The molecule has 2 aromatic carbocycles. The lowest BCUT2D eigenvalue weighted by molar-refractivity contribution is 0.0514. The minimum absolute atomic E-state index is 0.141. The summed E-state index contributed by atoms with van der Waals surface area (Å²) in [6.45, 7) is 2.29. The summed E-state index contributed by atoms with van der Waals surface area (Å²) < 4.78 is 11.5. The predicted molar refractivity (Wildman–Crippen MR) is 121 cm³/mol. The first kappa shape index (κ1) is 22.4. The first-order valence-electron chi connectivity index (χ1n) is 9.74. The Morgan fingerprint density at radius 1 is 1.19 bits per heavy atom. The van der Waals surface area contributed by atoms with E-state index in [-0.39, 0.29) is 18.1 Å². The molecule has 8 heteroatoms. The van der Waals surface area contributed by atoms with Crippen LogP contribution in [-0.4, -0.2) is 36.3 Å². The number of methoxy groups -OCH3 is 1. The topological polar surface area (TPSA) is 73.7 Å². The number of hydrogen-bond acceptors (Lipinski definition) is 6. The van der Waals surface area contributed by atoms with Gasteiger partial charge in [-0.15, -0.1) is 0 Å². The number of aromatic nitrogens is 2. The van der Waals surface area contributed by atoms with Crippen LogP contribution in [0.3, 0.4) is 0 Å². The third kappa shape index (κ3) is 4.72. The second-order valence-corrected chi connectivity index (χ2v) is 7.34. The number of halogens is 1. The van der Waals surface area contributed by atoms with Gasteiger partial charge in [-0.1, -0.05) is 48.0 Å². The van der Waals surface area contributed by atoms with Crippen LogP contribution in [0.4, 0.5) is 5.95 Å². The fraction of sp³-hybridized carbons (Fsp3) is 0.261. The molecule has 0 aliphatic rings. The molecular weight excluding hydrogens is 418 g/mol. The molecule has 0 bridgehead atoms. The number of benzene rings is 2. The van der Waals surface area contributed by atoms with Crippen LogP contribution in [0.5, 0.6) is 5.75 Å². The van der Waals surface area contributed by atoms with Gasteiger partial charge in [0.05, 0.1) is 13.7 Å². The highest BCUT2D eigenvalue weighted by Gasteiger charge is 2.24. The van der Waals surface area contributed by atoms with Gasteiger partial charge in [-0.25, -0.2) is 9.78 Å². The zero-order valence-corrected chi connectivity index (χ0v) is 18.6. The van der Waals surface area contributed by atoms with Gasteiger partial charge in [0.15, 0.2) is 5.69 Å². The first-order chi connectivity index (χ1) is 14.9. The van der Waals surface area contributed by atoms with Crippen molar-refractivity contribution in [2.24, 2.45) is 7.05 Å². The van der Waals surface area contributed by atoms with E-state index in [1.165, 1.54) is 11.7 Å². The normalized spacial score (nSPS) is 10.6. The number of esters is 1. The molecule has 0 amide bonds. The molecule has 0 saturated heterocycles. The molecule has 0 aliphatic heterocycles. The highest BCUT2D eigenvalue weighted by atomic mass is 35.5. The van der Waals surface area contributed by atoms with Crippen molar-refractivity contribution in [3.05, 3.63) is 75.2 Å². The second kappa shape index (κ2) is 9.66. The van der Waals surface area contributed by atoms with Gasteiger partial charge in [-0.3, -0.25) is 9.36 Å². The van der Waals surface area contributed by atoms with Crippen LogP contribution in [0, 0.1) is 0 Å². The Kier molecular flexibility index (Phi) is 6.97. The smallest absolute Gasteiger partial charge is 0.361 e. The molecule has 0 saturated carbocycles. The van der Waals surface area contributed by atoms with Crippen molar-refractivity contribution in [1.29, 1.82) is 0 Å². The number of carbonyl (C=O) groups excluding carboxylic acids is 1. The van der Waals surface area contributed by atoms with Crippen molar-refractivity contribution in [3.8, 4) is 16.9 Å². The third-order valence-corrected chi connectivity index (χ3v) is 5.04. The summed E-state index contributed by atoms with van der Waals surface area (Å²) >= 11 is 6.17. The average molecular weight is 442 g/mol. The Morgan fingerprint density at radius 3 is 2.61 bits per heavy atom. The molecule has 0 atom stereocenters. The zero-order valence-electron chi connectivity index (χ0n) is 17.9. The number of nitrogens with zero attached hydrogens (tertiary/aromatic N) is 3. The van der Waals surface area contributed by atoms with E-state index in [2.05, 4.69) is 4.98 Å². The lowest BCUT2D eigenvalue weighted by atomic mass is 9.99. The molecule has 7 nitrogen and oxygen atoms in total. The van der Waals surface area contributed by atoms with E-state index in [1.54, 1.807) is 25.9 Å². The molecule has 0 fully saturated rings. The lowest BCUT2D eigenvalue weighted by Crippen LogP contribution is -2.31. The summed E-state index contributed by atoms with van der Waals surface area (Å²) in [7, 11) is 4.71. The molecule has 3 aromatic rings. The number of carbonyl (C=O) groups is 1. The SMILES string of the molecule is CCOC(=O)c1nc(N(C)Cc2ccccc2-c2cccc(Cl)c2)n(C)c(=O)c1OC. The monoisotopic (exact) mass is 441 g/mol. The standard InChI is InChI=1S/C23H24ClN3O4/c1-5-31-22(29)19-20(30-4)21(28)27(3)23(25-19)26(2)14-16-9-6-7-12-18(16)15-10-8-11-17(24)13-15/h6-13H,5,14H2,1-4H3. The molecule has 0 N–H and O–H groups in total. The van der Waals surface area contributed by atoms with Gasteiger partial charge < -0.3 is 14.4 Å². The fourth-order valence-electron chi connectivity index (χ4n) is 3.36. The summed E-state index contributed by atoms with van der Waals surface area (Å²) in [5, 5.41) is 0.652. The van der Waals surface area contributed by atoms with Gasteiger partial charge in [-0.05, 0) is 35.7 Å². The maximum absolute atomic E-state index is 12.8. The molecule has 0 unspecified atom stereocenters. The van der Waals surface area contributed by atoms with Crippen molar-refractivity contribution >= 4 is 23.5 Å². The van der Waals surface area contributed by atoms with Crippen molar-refractivity contribution < 1.29 is 14.3 Å². The molecular formula is C23H24ClN3O4. The van der Waals surface area contributed by atoms with Crippen LogP contribution in [0.15, 0.2) is 53.3 Å². The minimum atomic E-state index is -0.703. The van der Waals surface area contributed by atoms with Crippen molar-refractivity contribution in [2.45, 2.75) is 13.5 Å². The largest absolute Gasteiger partial charge is 0.489 e. The molecule has 1 aromatic heterocycles. The molecule has 162 valence electrons. The Balaban J connectivity index is 2.03. The van der Waals surface area contributed by atoms with Crippen LogP contribution in [0.25, 0.3) is 11.1 Å². The van der Waals surface area contributed by atoms with Gasteiger partial charge in [0.25, 0.3) is 5.56 Å². The van der Waals surface area contributed by atoms with Crippen LogP contribution >= 0.6 is 11.6 Å². The maximum atomic E-state index is 12.8. The average Bonchev–Trinajstić information content (AvgIpc) is 2.75. The molecule has 31 heavy (non-hydrogen) atoms. The van der Waals surface area contributed by atoms with Gasteiger partial charge in [0.2, 0.25) is 11.7 Å². The van der Waals surface area contributed by atoms with E-state index in [4.69, 9.17) is 21.1 Å². The third-order valence-electron chi connectivity index (χ3n) is 4.80. The van der Waals surface area contributed by atoms with Gasteiger partial charge >= 0.3 is 5.97 Å². The molecule has 0 spiro atoms. The molecule has 0 radical (unpaired) electrons. The highest BCUT2D eigenvalue weighted by Crippen LogP contribution is 2.28. The van der Waals surface area contributed by atoms with Crippen LogP contribution in [0.1, 0.15) is 23.0 Å². The van der Waals surface area contributed by atoms with Crippen molar-refractivity contribution in [3.63, 3.8) is 0 Å². The zero-order chi connectivity index (χ0) is 22.5. The Bertz CT molecular complexity index is 1160. The van der Waals surface area contributed by atoms with E-state index in [0.29, 0.717) is 17.5 Å². The highest BCUT2D eigenvalue weighted by molar-refractivity contribution is 6.30. The van der Waals surface area contributed by atoms with Gasteiger partial charge in [0, 0.05) is 25.7 Å². The number of ether oxygens (including phenoxy) is 2. The minimum Gasteiger partial charge on any atom is -0.489 e. The van der Waals surface area contributed by atoms with Gasteiger partial charge in [0.1, 0.15) is 0 Å². The maximum Gasteiger partial charge on any atom is 0.361 e. The number of hydrogen-bond donors (Lipinski definition) is 0. The van der Waals surface area contributed by atoms with E-state index < -0.39 is 11.5 Å². The lowest BCUT2D eigenvalue weighted by Gasteiger charge is -2.23.